The topological polar surface area (TPSA) is 96.5 Å². The van der Waals surface area contributed by atoms with Crippen molar-refractivity contribution in [1.82, 2.24) is 23.9 Å². The predicted octanol–water partition coefficient (Wildman–Crippen LogP) is 1.37. The molecule has 0 bridgehead atoms. The first-order chi connectivity index (χ1) is 8.75. The molecule has 0 spiro atoms. The number of nitrogens with one attached hydrogen (secondary N) is 2. The maximum Gasteiger partial charge on any atom is 0.293 e. The van der Waals surface area contributed by atoms with Gasteiger partial charge in [-0.3, -0.25) is 9.89 Å². The van der Waals surface area contributed by atoms with Crippen molar-refractivity contribution in [2.45, 2.75) is 6.92 Å². The van der Waals surface area contributed by atoms with Gasteiger partial charge >= 0.3 is 0 Å². The van der Waals surface area contributed by atoms with E-state index >= 15 is 0 Å². The second-order valence-electron chi connectivity index (χ2n) is 3.68. The number of H-pyrrole nitrogens is 1. The highest BCUT2D eigenvalue weighted by Crippen LogP contribution is 2.25. The number of carbonyl (C=O) groups is 1. The number of carbonyl (C=O) groups excluding carboxylic acids is 1. The molecule has 0 saturated heterocycles. The van der Waals surface area contributed by atoms with Crippen molar-refractivity contribution in [3.8, 4) is 0 Å². The zero-order valence-electron chi connectivity index (χ0n) is 9.34. The monoisotopic (exact) mass is 260 g/mol. The van der Waals surface area contributed by atoms with Crippen LogP contribution in [0.15, 0.2) is 18.5 Å². The van der Waals surface area contributed by atoms with Crippen molar-refractivity contribution in [2.75, 3.05) is 5.32 Å². The molecule has 0 unspecified atom stereocenters. The van der Waals surface area contributed by atoms with Gasteiger partial charge in [-0.15, -0.1) is 0 Å². The van der Waals surface area contributed by atoms with Gasteiger partial charge in [-0.05, 0) is 18.6 Å². The van der Waals surface area contributed by atoms with Gasteiger partial charge in [0.1, 0.15) is 17.4 Å². The Bertz CT molecular complexity index is 704. The summed E-state index contributed by atoms with van der Waals surface area (Å²) >= 11 is 1.11. The smallest absolute Gasteiger partial charge is 0.293 e. The molecule has 0 atom stereocenters. The highest BCUT2D eigenvalue weighted by atomic mass is 32.1. The number of fused-ring (bicyclic) bond motifs is 1. The van der Waals surface area contributed by atoms with Crippen LogP contribution in [0.2, 0.25) is 0 Å². The molecule has 2 aromatic heterocycles. The third-order valence-corrected chi connectivity index (χ3v) is 3.05. The van der Waals surface area contributed by atoms with Crippen molar-refractivity contribution in [3.63, 3.8) is 0 Å². The molecule has 2 N–H and O–H groups in total. The molecule has 18 heavy (non-hydrogen) atoms. The van der Waals surface area contributed by atoms with E-state index in [1.165, 1.54) is 6.33 Å². The summed E-state index contributed by atoms with van der Waals surface area (Å²) in [4.78, 5) is 15.7. The Morgan fingerprint density at radius 2 is 2.28 bits per heavy atom. The van der Waals surface area contributed by atoms with Crippen LogP contribution in [0.4, 0.5) is 5.69 Å². The normalized spacial score (nSPS) is 10.7. The van der Waals surface area contributed by atoms with Crippen LogP contribution in [0.5, 0.6) is 0 Å². The van der Waals surface area contributed by atoms with Gasteiger partial charge in [-0.25, -0.2) is 4.98 Å². The van der Waals surface area contributed by atoms with Crippen molar-refractivity contribution >= 4 is 34.4 Å². The number of amides is 1. The molecule has 2 heterocycles. The lowest BCUT2D eigenvalue weighted by Crippen LogP contribution is -2.14. The Hall–Kier alpha value is -2.35. The fraction of sp³-hybridized carbons (Fsp3) is 0.100. The Labute approximate surface area is 106 Å². The predicted molar refractivity (Wildman–Crippen MR) is 66.5 cm³/mol. The third kappa shape index (κ3) is 1.72. The molecule has 0 aliphatic heterocycles. The van der Waals surface area contributed by atoms with Gasteiger partial charge < -0.3 is 5.32 Å². The van der Waals surface area contributed by atoms with E-state index in [0.29, 0.717) is 11.2 Å². The number of aryl methyl sites for hydroxylation is 1. The minimum absolute atomic E-state index is 0.162. The SMILES string of the molecule is Cc1ccc2nsnc2c1NC(=O)c1ncn[nH]1. The lowest BCUT2D eigenvalue weighted by molar-refractivity contribution is 0.101. The number of nitrogens with zero attached hydrogens (tertiary/aromatic N) is 4. The fourth-order valence-corrected chi connectivity index (χ4v) is 2.14. The highest BCUT2D eigenvalue weighted by Gasteiger charge is 2.14. The number of hydrogen-bond donors (Lipinski definition) is 2. The molecule has 0 aliphatic rings. The second-order valence-corrected chi connectivity index (χ2v) is 4.21. The molecule has 1 aromatic carbocycles. The van der Waals surface area contributed by atoms with E-state index in [0.717, 1.165) is 22.8 Å². The summed E-state index contributed by atoms with van der Waals surface area (Å²) in [6.45, 7) is 1.90. The molecule has 7 nitrogen and oxygen atoms in total. The number of anilines is 1. The standard InChI is InChI=1S/C10H8N6OS/c1-5-2-3-6-8(16-18-15-6)7(5)13-10(17)9-11-4-12-14-9/h2-4H,1H3,(H,13,17)(H,11,12,14). The van der Waals surface area contributed by atoms with E-state index in [1.54, 1.807) is 0 Å². The van der Waals surface area contributed by atoms with E-state index in [2.05, 4.69) is 29.2 Å². The summed E-state index contributed by atoms with van der Waals surface area (Å²) in [6, 6.07) is 3.76. The lowest BCUT2D eigenvalue weighted by atomic mass is 10.1. The fourth-order valence-electron chi connectivity index (χ4n) is 1.60. The van der Waals surface area contributed by atoms with E-state index in [9.17, 15) is 4.79 Å². The Kier molecular flexibility index (Phi) is 2.49. The first-order valence-electron chi connectivity index (χ1n) is 5.14. The van der Waals surface area contributed by atoms with Gasteiger partial charge in [-0.2, -0.15) is 13.8 Å². The highest BCUT2D eigenvalue weighted by molar-refractivity contribution is 7.00. The molecule has 0 saturated carbocycles. The Morgan fingerprint density at radius 3 is 3.06 bits per heavy atom. The molecule has 3 aromatic rings. The maximum atomic E-state index is 11.9. The van der Waals surface area contributed by atoms with E-state index in [-0.39, 0.29) is 11.7 Å². The first-order valence-corrected chi connectivity index (χ1v) is 5.87. The second kappa shape index (κ2) is 4.15. The number of hydrogen-bond acceptors (Lipinski definition) is 6. The summed E-state index contributed by atoms with van der Waals surface area (Å²) in [5.74, 6) is -0.189. The number of rotatable bonds is 2. The largest absolute Gasteiger partial charge is 0.317 e. The van der Waals surface area contributed by atoms with Crippen molar-refractivity contribution in [2.24, 2.45) is 0 Å². The quantitative estimate of drug-likeness (QED) is 0.725. The Balaban J connectivity index is 2.02. The first kappa shape index (κ1) is 10.8. The van der Waals surface area contributed by atoms with Crippen LogP contribution in [0.1, 0.15) is 16.2 Å². The minimum atomic E-state index is -0.351. The van der Waals surface area contributed by atoms with Crippen LogP contribution in [0, 0.1) is 6.92 Å². The molecule has 0 radical (unpaired) electrons. The van der Waals surface area contributed by atoms with Crippen molar-refractivity contribution in [3.05, 3.63) is 29.8 Å². The van der Waals surface area contributed by atoms with Crippen LogP contribution in [-0.4, -0.2) is 29.8 Å². The zero-order valence-corrected chi connectivity index (χ0v) is 10.2. The molecular weight excluding hydrogens is 252 g/mol. The maximum absolute atomic E-state index is 11.9. The summed E-state index contributed by atoms with van der Waals surface area (Å²) in [5.41, 5.74) is 3.03. The van der Waals surface area contributed by atoms with Crippen LogP contribution < -0.4 is 5.32 Å². The average molecular weight is 260 g/mol. The van der Waals surface area contributed by atoms with Crippen LogP contribution in [-0.2, 0) is 0 Å². The summed E-state index contributed by atoms with van der Waals surface area (Å²) in [6.07, 6.45) is 1.28. The minimum Gasteiger partial charge on any atom is -0.317 e. The van der Waals surface area contributed by atoms with E-state index in [1.807, 2.05) is 19.1 Å². The molecule has 90 valence electrons. The van der Waals surface area contributed by atoms with Crippen LogP contribution >= 0.6 is 11.7 Å². The van der Waals surface area contributed by atoms with E-state index < -0.39 is 0 Å². The van der Waals surface area contributed by atoms with Gasteiger partial charge in [0, 0.05) is 0 Å². The molecular formula is C10H8N6OS. The van der Waals surface area contributed by atoms with Gasteiger partial charge in [0.25, 0.3) is 5.91 Å². The molecule has 0 aliphatic carbocycles. The van der Waals surface area contributed by atoms with Crippen molar-refractivity contribution < 1.29 is 4.79 Å². The number of aromatic amines is 1. The lowest BCUT2D eigenvalue weighted by Gasteiger charge is -2.06. The molecule has 3 rings (SSSR count). The summed E-state index contributed by atoms with van der Waals surface area (Å²) in [7, 11) is 0. The van der Waals surface area contributed by atoms with Crippen molar-refractivity contribution in [1.29, 1.82) is 0 Å². The molecule has 0 fully saturated rings. The van der Waals surface area contributed by atoms with Crippen LogP contribution in [0.3, 0.4) is 0 Å². The summed E-state index contributed by atoms with van der Waals surface area (Å²) < 4.78 is 8.32. The van der Waals surface area contributed by atoms with Gasteiger partial charge in [0.2, 0.25) is 5.82 Å². The number of aromatic nitrogens is 5. The molecule has 1 amide bonds. The van der Waals surface area contributed by atoms with Crippen LogP contribution in [0.25, 0.3) is 11.0 Å². The summed E-state index contributed by atoms with van der Waals surface area (Å²) in [5, 5.41) is 8.92. The van der Waals surface area contributed by atoms with Gasteiger partial charge in [0.15, 0.2) is 0 Å². The van der Waals surface area contributed by atoms with E-state index in [4.69, 9.17) is 0 Å². The number of benzene rings is 1. The van der Waals surface area contributed by atoms with Gasteiger partial charge in [-0.1, -0.05) is 6.07 Å². The third-order valence-electron chi connectivity index (χ3n) is 2.50. The Morgan fingerprint density at radius 1 is 1.39 bits per heavy atom. The average Bonchev–Trinajstić information content (AvgIpc) is 3.02. The molecule has 8 heteroatoms. The zero-order chi connectivity index (χ0) is 12.5. The van der Waals surface area contributed by atoms with Gasteiger partial charge in [0.05, 0.1) is 17.4 Å².